The minimum absolute atomic E-state index is 0. The number of thiol groups is 1. The van der Waals surface area contributed by atoms with Crippen LogP contribution in [0, 0.1) is 0 Å². The number of hydrogen-bond donors (Lipinski definition) is 2. The van der Waals surface area contributed by atoms with Gasteiger partial charge in [0.05, 0.1) is 0 Å². The summed E-state index contributed by atoms with van der Waals surface area (Å²) in [6, 6.07) is 0. The van der Waals surface area contributed by atoms with Gasteiger partial charge in [-0.25, -0.2) is 12.5 Å². The summed E-state index contributed by atoms with van der Waals surface area (Å²) in [5, 5.41) is 0. The van der Waals surface area contributed by atoms with E-state index in [0.717, 1.165) is 0 Å². The molecule has 0 aromatic carbocycles. The molecule has 0 saturated heterocycles. The third-order valence-corrected chi connectivity index (χ3v) is 0. The summed E-state index contributed by atoms with van der Waals surface area (Å²) in [5.74, 6) is 0. The fraction of sp³-hybridized carbons (Fsp3) is 0. The maximum atomic E-state index is 4.59. The minimum Gasteiger partial charge on any atom is -0.365 e. The van der Waals surface area contributed by atoms with Crippen LogP contribution in [-0.4, -0.2) is 6.69 Å². The van der Waals surface area contributed by atoms with Gasteiger partial charge in [-0.15, -0.1) is 0 Å². The third kappa shape index (κ3) is 12.0. The van der Waals surface area contributed by atoms with Crippen molar-refractivity contribution in [2.45, 2.75) is 0 Å². The second-order valence-electron chi connectivity index (χ2n) is 0.149. The van der Waals surface area contributed by atoms with E-state index in [1.807, 2.05) is 0 Å². The largest absolute Gasteiger partial charge is 0.365 e. The summed E-state index contributed by atoms with van der Waals surface area (Å²) in [7, 11) is 0. The first-order valence-electron chi connectivity index (χ1n) is 0.592. The third-order valence-electron chi connectivity index (χ3n) is 0. The van der Waals surface area contributed by atoms with Crippen molar-refractivity contribution in [2.75, 3.05) is 0 Å². The second kappa shape index (κ2) is 9.00. The first kappa shape index (κ1) is 8.89. The van der Waals surface area contributed by atoms with E-state index in [1.165, 1.54) is 6.69 Å². The zero-order chi connectivity index (χ0) is 2.71. The molecule has 0 unspecified atom stereocenters. The average Bonchev–Trinajstić information content (AvgIpc) is 0.918. The summed E-state index contributed by atoms with van der Waals surface area (Å²) < 4.78 is 0. The van der Waals surface area contributed by atoms with Crippen LogP contribution in [0.2, 0.25) is 0 Å². The van der Waals surface area contributed by atoms with Gasteiger partial charge in [-0.3, -0.25) is 0 Å². The van der Waals surface area contributed by atoms with Crippen molar-refractivity contribution in [1.82, 2.24) is 0 Å². The Morgan fingerprint density at radius 3 is 1.75 bits per heavy atom. The summed E-state index contributed by atoms with van der Waals surface area (Å²) in [4.78, 5) is 0. The Morgan fingerprint density at radius 2 is 1.75 bits per heavy atom. The maximum absolute atomic E-state index is 4.59. The van der Waals surface area contributed by atoms with E-state index in [2.05, 4.69) is 18.1 Å². The Kier molecular flexibility index (Phi) is 20.0. The molecule has 26 valence electrons. The number of rotatable bonds is 0. The van der Waals surface area contributed by atoms with Gasteiger partial charge in [0.15, 0.2) is 0 Å². The molecule has 0 spiro atoms. The van der Waals surface area contributed by atoms with E-state index in [9.17, 15) is 0 Å². The standard InChI is InChI=1S/BH3NS.Rh/c2-1-3;/h3H,2H2;. The van der Waals surface area contributed by atoms with Crippen molar-refractivity contribution in [2.24, 2.45) is 5.64 Å². The number of nitrogens with two attached hydrogens (primary N) is 1. The van der Waals surface area contributed by atoms with E-state index in [-0.39, 0.29) is 19.5 Å². The molecule has 0 aromatic heterocycles. The van der Waals surface area contributed by atoms with Crippen molar-refractivity contribution in [3.8, 4) is 0 Å². The summed E-state index contributed by atoms with van der Waals surface area (Å²) in [5.41, 5.74) is 4.59. The van der Waals surface area contributed by atoms with Crippen molar-refractivity contribution >= 4 is 19.2 Å². The SMILES string of the molecule is N[B]S.[Rh]. The summed E-state index contributed by atoms with van der Waals surface area (Å²) in [6.07, 6.45) is 0. The number of hydrogen-bond acceptors (Lipinski definition) is 2. The molecule has 2 radical (unpaired) electrons. The van der Waals surface area contributed by atoms with Crippen LogP contribution in [0.4, 0.5) is 0 Å². The van der Waals surface area contributed by atoms with Crippen LogP contribution in [0.1, 0.15) is 0 Å². The molecule has 0 aliphatic rings. The van der Waals surface area contributed by atoms with Crippen LogP contribution in [0.3, 0.4) is 0 Å². The van der Waals surface area contributed by atoms with E-state index >= 15 is 0 Å². The topological polar surface area (TPSA) is 26.0 Å². The Balaban J connectivity index is 0. The molecule has 2 N–H and O–H groups in total. The van der Waals surface area contributed by atoms with Crippen molar-refractivity contribution in [3.05, 3.63) is 0 Å². The average molecular weight is 163 g/mol. The van der Waals surface area contributed by atoms with Crippen LogP contribution in [0.25, 0.3) is 0 Å². The van der Waals surface area contributed by atoms with Gasteiger partial charge >= 0.3 is 0 Å². The molecule has 0 saturated carbocycles. The van der Waals surface area contributed by atoms with Crippen molar-refractivity contribution < 1.29 is 19.5 Å². The van der Waals surface area contributed by atoms with Gasteiger partial charge in [0.2, 0.25) is 0 Å². The Bertz CT molecular complexity index is 8.00. The molecule has 0 atom stereocenters. The molecule has 4 heteroatoms. The quantitative estimate of drug-likeness (QED) is 0.362. The molecular weight excluding hydrogens is 160 g/mol. The predicted molar refractivity (Wildman–Crippen MR) is 18.9 cm³/mol. The first-order chi connectivity index (χ1) is 1.41. The Morgan fingerprint density at radius 1 is 1.75 bits per heavy atom. The Hall–Kier alpha value is 0.998. The summed E-state index contributed by atoms with van der Waals surface area (Å²) >= 11 is 3.44. The zero-order valence-corrected chi connectivity index (χ0v) is 4.47. The summed E-state index contributed by atoms with van der Waals surface area (Å²) in [6.45, 7) is 1.19. The molecule has 0 rings (SSSR count). The zero-order valence-electron chi connectivity index (χ0n) is 1.94. The molecular formula is H3BNRhS. The van der Waals surface area contributed by atoms with Gasteiger partial charge in [0, 0.05) is 19.5 Å². The molecule has 0 fully saturated rings. The van der Waals surface area contributed by atoms with Gasteiger partial charge < -0.3 is 5.64 Å². The van der Waals surface area contributed by atoms with E-state index in [4.69, 9.17) is 0 Å². The van der Waals surface area contributed by atoms with Crippen LogP contribution in [0.15, 0.2) is 0 Å². The molecule has 0 aromatic rings. The normalized spacial score (nSPS) is 3.50. The van der Waals surface area contributed by atoms with Gasteiger partial charge in [-0.05, 0) is 0 Å². The fourth-order valence-electron chi connectivity index (χ4n) is 0. The Labute approximate surface area is 44.7 Å². The van der Waals surface area contributed by atoms with Gasteiger partial charge in [-0.2, -0.15) is 0 Å². The van der Waals surface area contributed by atoms with E-state index in [0.29, 0.717) is 0 Å². The molecule has 0 amide bonds. The van der Waals surface area contributed by atoms with Gasteiger partial charge in [0.1, 0.15) is 0 Å². The maximum Gasteiger partial charge on any atom is 0.279 e. The molecule has 1 nitrogen and oxygen atoms in total. The molecule has 4 heavy (non-hydrogen) atoms. The van der Waals surface area contributed by atoms with Gasteiger partial charge in [-0.1, -0.05) is 0 Å². The minimum atomic E-state index is 0. The van der Waals surface area contributed by atoms with E-state index < -0.39 is 0 Å². The predicted octanol–water partition coefficient (Wildman–Crippen LogP) is -0.593. The molecule has 0 aliphatic heterocycles. The fourth-order valence-corrected chi connectivity index (χ4v) is 0. The monoisotopic (exact) mass is 163 g/mol. The van der Waals surface area contributed by atoms with Gasteiger partial charge in [0.25, 0.3) is 6.69 Å². The first-order valence-corrected chi connectivity index (χ1v) is 1.11. The van der Waals surface area contributed by atoms with Crippen molar-refractivity contribution in [3.63, 3.8) is 0 Å². The van der Waals surface area contributed by atoms with Crippen molar-refractivity contribution in [1.29, 1.82) is 0 Å². The van der Waals surface area contributed by atoms with E-state index in [1.54, 1.807) is 0 Å². The molecule has 0 aliphatic carbocycles. The second-order valence-corrected chi connectivity index (χ2v) is 0.447. The van der Waals surface area contributed by atoms with Crippen LogP contribution >= 0.6 is 12.5 Å². The molecule has 0 heterocycles. The van der Waals surface area contributed by atoms with Crippen LogP contribution in [0.5, 0.6) is 0 Å². The van der Waals surface area contributed by atoms with Crippen LogP contribution in [-0.2, 0) is 19.5 Å². The smallest absolute Gasteiger partial charge is 0.279 e. The van der Waals surface area contributed by atoms with Crippen LogP contribution < -0.4 is 5.64 Å². The molecule has 0 bridgehead atoms.